The first-order valence-electron chi connectivity index (χ1n) is 6.91. The van der Waals surface area contributed by atoms with Crippen molar-refractivity contribution >= 4 is 5.91 Å². The minimum Gasteiger partial charge on any atom is -0.362 e. The van der Waals surface area contributed by atoms with Gasteiger partial charge in [-0.1, -0.05) is 19.9 Å². The number of rotatable bonds is 2. The second-order valence-electron chi connectivity index (χ2n) is 5.69. The molecule has 1 fully saturated rings. The summed E-state index contributed by atoms with van der Waals surface area (Å²) in [6.07, 6.45) is -4.35. The average molecular weight is 332 g/mol. The van der Waals surface area contributed by atoms with Crippen LogP contribution in [0.1, 0.15) is 30.6 Å². The number of hydrazine groups is 1. The van der Waals surface area contributed by atoms with E-state index in [1.807, 2.05) is 0 Å². The van der Waals surface area contributed by atoms with Crippen LogP contribution in [0.25, 0.3) is 0 Å². The van der Waals surface area contributed by atoms with Gasteiger partial charge in [0, 0.05) is 17.7 Å². The van der Waals surface area contributed by atoms with E-state index in [1.54, 1.807) is 13.8 Å². The van der Waals surface area contributed by atoms with Crippen LogP contribution in [0.5, 0.6) is 0 Å². The SMILES string of the molecule is CC(C)C=C1CC(O)(C(F)(F)F)N(C(=O)c2ccc(F)cc2)N1. The Kier molecular flexibility index (Phi) is 4.39. The third kappa shape index (κ3) is 3.31. The van der Waals surface area contributed by atoms with E-state index in [2.05, 4.69) is 5.43 Å². The molecule has 1 amide bonds. The summed E-state index contributed by atoms with van der Waals surface area (Å²) in [4.78, 5) is 12.3. The van der Waals surface area contributed by atoms with Gasteiger partial charge >= 0.3 is 6.18 Å². The highest BCUT2D eigenvalue weighted by Crippen LogP contribution is 2.41. The number of benzene rings is 1. The topological polar surface area (TPSA) is 52.6 Å². The molecule has 0 spiro atoms. The zero-order chi connectivity index (χ0) is 17.4. The molecule has 0 bridgehead atoms. The molecule has 1 saturated heterocycles. The molecule has 0 aromatic heterocycles. The van der Waals surface area contributed by atoms with Crippen molar-refractivity contribution in [3.05, 3.63) is 47.4 Å². The number of allylic oxidation sites excluding steroid dienone is 1. The monoisotopic (exact) mass is 332 g/mol. The molecular weight excluding hydrogens is 316 g/mol. The van der Waals surface area contributed by atoms with Gasteiger partial charge < -0.3 is 5.11 Å². The van der Waals surface area contributed by atoms with Crippen LogP contribution in [-0.2, 0) is 0 Å². The number of carbonyl (C=O) groups excluding carboxylic acids is 1. The Morgan fingerprint density at radius 1 is 1.35 bits per heavy atom. The molecule has 2 N–H and O–H groups in total. The molecule has 1 unspecified atom stereocenters. The molecule has 1 atom stereocenters. The number of aliphatic hydroxyl groups is 1. The number of hydrogen-bond acceptors (Lipinski definition) is 3. The molecule has 1 aliphatic rings. The summed E-state index contributed by atoms with van der Waals surface area (Å²) in [5, 5.41) is 10.2. The molecule has 0 radical (unpaired) electrons. The maximum absolute atomic E-state index is 13.3. The van der Waals surface area contributed by atoms with Gasteiger partial charge in [-0.2, -0.15) is 13.2 Å². The predicted molar refractivity (Wildman–Crippen MR) is 74.2 cm³/mol. The second kappa shape index (κ2) is 5.84. The molecule has 2 rings (SSSR count). The van der Waals surface area contributed by atoms with Crippen LogP contribution in [0.2, 0.25) is 0 Å². The first-order valence-corrected chi connectivity index (χ1v) is 6.91. The second-order valence-corrected chi connectivity index (χ2v) is 5.69. The number of carbonyl (C=O) groups is 1. The summed E-state index contributed by atoms with van der Waals surface area (Å²) in [5.41, 5.74) is -1.13. The highest BCUT2D eigenvalue weighted by atomic mass is 19.4. The van der Waals surface area contributed by atoms with E-state index in [0.717, 1.165) is 24.3 Å². The lowest BCUT2D eigenvalue weighted by Crippen LogP contribution is -2.59. The Hall–Kier alpha value is -2.09. The molecule has 1 aromatic rings. The molecule has 1 aromatic carbocycles. The van der Waals surface area contributed by atoms with Crippen molar-refractivity contribution in [2.75, 3.05) is 0 Å². The van der Waals surface area contributed by atoms with E-state index in [-0.39, 0.29) is 22.2 Å². The molecule has 0 aliphatic carbocycles. The van der Waals surface area contributed by atoms with E-state index in [0.29, 0.717) is 0 Å². The smallest absolute Gasteiger partial charge is 0.362 e. The zero-order valence-electron chi connectivity index (χ0n) is 12.5. The summed E-state index contributed by atoms with van der Waals surface area (Å²) in [6, 6.07) is 4.03. The van der Waals surface area contributed by atoms with Crippen molar-refractivity contribution < 1.29 is 27.5 Å². The number of hydrogen-bond donors (Lipinski definition) is 2. The summed E-state index contributed by atoms with van der Waals surface area (Å²) in [6.45, 7) is 3.51. The fourth-order valence-electron chi connectivity index (χ4n) is 2.29. The van der Waals surface area contributed by atoms with Gasteiger partial charge in [0.2, 0.25) is 0 Å². The van der Waals surface area contributed by atoms with Gasteiger partial charge in [0.05, 0.1) is 0 Å². The van der Waals surface area contributed by atoms with Gasteiger partial charge in [0.15, 0.2) is 0 Å². The molecule has 126 valence electrons. The van der Waals surface area contributed by atoms with Gasteiger partial charge in [0.1, 0.15) is 5.82 Å². The number of halogens is 4. The van der Waals surface area contributed by atoms with Gasteiger partial charge in [0.25, 0.3) is 11.6 Å². The third-order valence-corrected chi connectivity index (χ3v) is 3.35. The number of nitrogens with one attached hydrogen (secondary N) is 1. The predicted octanol–water partition coefficient (Wildman–Crippen LogP) is 2.97. The van der Waals surface area contributed by atoms with Crippen LogP contribution < -0.4 is 5.43 Å². The summed E-state index contributed by atoms with van der Waals surface area (Å²) >= 11 is 0. The van der Waals surface area contributed by atoms with Crippen LogP contribution >= 0.6 is 0 Å². The lowest BCUT2D eigenvalue weighted by molar-refractivity contribution is -0.299. The van der Waals surface area contributed by atoms with Gasteiger partial charge in [-0.05, 0) is 30.2 Å². The highest BCUT2D eigenvalue weighted by molar-refractivity contribution is 5.94. The van der Waals surface area contributed by atoms with Crippen molar-refractivity contribution in [3.8, 4) is 0 Å². The summed E-state index contributed by atoms with van der Waals surface area (Å²) in [7, 11) is 0. The molecule has 0 saturated carbocycles. The van der Waals surface area contributed by atoms with Gasteiger partial charge in [-0.15, -0.1) is 0 Å². The minimum absolute atomic E-state index is 0.0733. The molecule has 8 heteroatoms. The number of alkyl halides is 3. The van der Waals surface area contributed by atoms with Crippen LogP contribution in [0.4, 0.5) is 17.6 Å². The van der Waals surface area contributed by atoms with E-state index in [9.17, 15) is 27.5 Å². The van der Waals surface area contributed by atoms with E-state index < -0.39 is 30.0 Å². The molecule has 1 heterocycles. The lowest BCUT2D eigenvalue weighted by Gasteiger charge is -2.33. The Labute approximate surface area is 130 Å². The van der Waals surface area contributed by atoms with Crippen LogP contribution in [0.15, 0.2) is 36.0 Å². The number of nitrogens with zero attached hydrogens (tertiary/aromatic N) is 1. The van der Waals surface area contributed by atoms with Crippen molar-refractivity contribution in [1.29, 1.82) is 0 Å². The summed E-state index contributed by atoms with van der Waals surface area (Å²) in [5.74, 6) is -1.80. The standard InChI is InChI=1S/C15H16F4N2O2/c1-9(2)7-12-8-14(23,15(17,18)19)21(20-12)13(22)10-3-5-11(16)6-4-10/h3-7,9,20,23H,8H2,1-2H3. The first-order chi connectivity index (χ1) is 10.5. The summed E-state index contributed by atoms with van der Waals surface area (Å²) < 4.78 is 52.7. The maximum Gasteiger partial charge on any atom is 0.438 e. The lowest BCUT2D eigenvalue weighted by atomic mass is 10.1. The fraction of sp³-hybridized carbons (Fsp3) is 0.400. The zero-order valence-corrected chi connectivity index (χ0v) is 12.5. The molecule has 4 nitrogen and oxygen atoms in total. The van der Waals surface area contributed by atoms with Crippen molar-refractivity contribution in [3.63, 3.8) is 0 Å². The van der Waals surface area contributed by atoms with Crippen LogP contribution in [0, 0.1) is 11.7 Å². The average Bonchev–Trinajstić information content (AvgIpc) is 2.75. The normalized spacial score (nSPS) is 23.5. The third-order valence-electron chi connectivity index (χ3n) is 3.35. The molecular formula is C15H16F4N2O2. The van der Waals surface area contributed by atoms with E-state index in [1.165, 1.54) is 6.08 Å². The van der Waals surface area contributed by atoms with Crippen LogP contribution in [0.3, 0.4) is 0 Å². The van der Waals surface area contributed by atoms with Crippen molar-refractivity contribution in [2.45, 2.75) is 32.2 Å². The van der Waals surface area contributed by atoms with Crippen molar-refractivity contribution in [2.24, 2.45) is 5.92 Å². The Morgan fingerprint density at radius 3 is 2.39 bits per heavy atom. The Morgan fingerprint density at radius 2 is 1.91 bits per heavy atom. The molecule has 23 heavy (non-hydrogen) atoms. The van der Waals surface area contributed by atoms with E-state index in [4.69, 9.17) is 0 Å². The fourth-order valence-corrected chi connectivity index (χ4v) is 2.29. The minimum atomic E-state index is -5.05. The van der Waals surface area contributed by atoms with E-state index >= 15 is 0 Å². The molecule has 1 aliphatic heterocycles. The Balaban J connectivity index is 2.40. The van der Waals surface area contributed by atoms with Gasteiger partial charge in [-0.3, -0.25) is 10.2 Å². The highest BCUT2D eigenvalue weighted by Gasteiger charge is 2.63. The maximum atomic E-state index is 13.3. The van der Waals surface area contributed by atoms with Crippen molar-refractivity contribution in [1.82, 2.24) is 10.4 Å². The Bertz CT molecular complexity index is 625. The van der Waals surface area contributed by atoms with Gasteiger partial charge in [-0.25, -0.2) is 9.40 Å². The number of amides is 1. The quantitative estimate of drug-likeness (QED) is 0.819. The van der Waals surface area contributed by atoms with Crippen LogP contribution in [-0.4, -0.2) is 27.9 Å². The largest absolute Gasteiger partial charge is 0.438 e. The first kappa shape index (κ1) is 17.3.